The number of halogens is 2. The smallest absolute Gasteiger partial charge is 0.139 e. The Morgan fingerprint density at radius 1 is 0.950 bits per heavy atom. The minimum atomic E-state index is 0.347. The van der Waals surface area contributed by atoms with Gasteiger partial charge in [-0.1, -0.05) is 23.2 Å². The van der Waals surface area contributed by atoms with Crippen LogP contribution in [0.5, 0.6) is 11.5 Å². The van der Waals surface area contributed by atoms with Gasteiger partial charge in [-0.25, -0.2) is 0 Å². The Labute approximate surface area is 127 Å². The number of nitrogens with zero attached hydrogens (tertiary/aromatic N) is 1. The van der Waals surface area contributed by atoms with Crippen LogP contribution >= 0.6 is 23.2 Å². The zero-order valence-corrected chi connectivity index (χ0v) is 12.0. The minimum absolute atomic E-state index is 0.347. The van der Waals surface area contributed by atoms with Crippen molar-refractivity contribution in [3.63, 3.8) is 0 Å². The number of nitriles is 1. The van der Waals surface area contributed by atoms with Crippen LogP contribution in [0.25, 0.3) is 0 Å². The van der Waals surface area contributed by atoms with Crippen molar-refractivity contribution in [1.82, 2.24) is 0 Å². The van der Waals surface area contributed by atoms with Crippen LogP contribution in [0.3, 0.4) is 0 Å². The number of hydrogen-bond acceptors (Lipinski definition) is 3. The van der Waals surface area contributed by atoms with Crippen molar-refractivity contribution in [2.24, 2.45) is 0 Å². The molecule has 0 fully saturated rings. The topological polar surface area (TPSA) is 42.2 Å². The van der Waals surface area contributed by atoms with E-state index >= 15 is 0 Å². The Bertz CT molecular complexity index is 621. The molecule has 0 N–H and O–H groups in total. The summed E-state index contributed by atoms with van der Waals surface area (Å²) < 4.78 is 11.0. The van der Waals surface area contributed by atoms with E-state index in [0.717, 1.165) is 0 Å². The van der Waals surface area contributed by atoms with Crippen LogP contribution in [0.4, 0.5) is 0 Å². The van der Waals surface area contributed by atoms with Crippen molar-refractivity contribution >= 4 is 23.2 Å². The average molecular weight is 308 g/mol. The molecule has 0 radical (unpaired) electrons. The first-order chi connectivity index (χ1) is 9.69. The van der Waals surface area contributed by atoms with Crippen LogP contribution in [-0.4, -0.2) is 13.2 Å². The second kappa shape index (κ2) is 7.04. The van der Waals surface area contributed by atoms with E-state index < -0.39 is 0 Å². The van der Waals surface area contributed by atoms with E-state index in [1.54, 1.807) is 42.5 Å². The monoisotopic (exact) mass is 307 g/mol. The highest BCUT2D eigenvalue weighted by Crippen LogP contribution is 2.27. The first kappa shape index (κ1) is 14.5. The van der Waals surface area contributed by atoms with E-state index in [9.17, 15) is 0 Å². The summed E-state index contributed by atoms with van der Waals surface area (Å²) >= 11 is 11.8. The summed E-state index contributed by atoms with van der Waals surface area (Å²) in [5, 5.41) is 9.76. The fraction of sp³-hybridized carbons (Fsp3) is 0.133. The maximum Gasteiger partial charge on any atom is 0.139 e. The summed E-state index contributed by atoms with van der Waals surface area (Å²) in [5.74, 6) is 1.22. The number of ether oxygens (including phenoxy) is 2. The molecule has 0 aliphatic heterocycles. The van der Waals surface area contributed by atoms with E-state index in [1.165, 1.54) is 0 Å². The Balaban J connectivity index is 1.81. The van der Waals surface area contributed by atoms with Crippen LogP contribution in [0.15, 0.2) is 42.5 Å². The molecule has 0 saturated carbocycles. The van der Waals surface area contributed by atoms with Gasteiger partial charge in [0.2, 0.25) is 0 Å². The van der Waals surface area contributed by atoms with Gasteiger partial charge in [-0.05, 0) is 36.4 Å². The highest BCUT2D eigenvalue weighted by Gasteiger charge is 2.02. The molecule has 2 rings (SSSR count). The third-order valence-electron chi connectivity index (χ3n) is 2.49. The first-order valence-corrected chi connectivity index (χ1v) is 6.65. The van der Waals surface area contributed by atoms with Crippen LogP contribution in [0, 0.1) is 11.3 Å². The molecule has 0 saturated heterocycles. The molecule has 0 atom stereocenters. The molecule has 0 bridgehead atoms. The molecule has 2 aromatic rings. The zero-order valence-electron chi connectivity index (χ0n) is 10.5. The molecule has 102 valence electrons. The second-order valence-electron chi connectivity index (χ2n) is 3.91. The lowest BCUT2D eigenvalue weighted by Crippen LogP contribution is -2.09. The minimum Gasteiger partial charge on any atom is -0.490 e. The van der Waals surface area contributed by atoms with Gasteiger partial charge in [-0.15, -0.1) is 0 Å². The first-order valence-electron chi connectivity index (χ1n) is 5.90. The Kier molecular flexibility index (Phi) is 5.11. The largest absolute Gasteiger partial charge is 0.490 e. The summed E-state index contributed by atoms with van der Waals surface area (Å²) in [7, 11) is 0. The molecular formula is C15H11Cl2NO2. The lowest BCUT2D eigenvalue weighted by atomic mass is 10.2. The number of hydrogen-bond donors (Lipinski definition) is 0. The molecule has 3 nitrogen and oxygen atoms in total. The molecule has 0 aliphatic rings. The van der Waals surface area contributed by atoms with Crippen LogP contribution in [0.1, 0.15) is 5.56 Å². The van der Waals surface area contributed by atoms with E-state index in [2.05, 4.69) is 0 Å². The SMILES string of the molecule is N#Cc1ccc(OCCOc2cc(Cl)ccc2Cl)cc1. The fourth-order valence-corrected chi connectivity index (χ4v) is 1.86. The van der Waals surface area contributed by atoms with E-state index in [-0.39, 0.29) is 0 Å². The van der Waals surface area contributed by atoms with Gasteiger partial charge in [0.05, 0.1) is 16.7 Å². The summed E-state index contributed by atoms with van der Waals surface area (Å²) in [6.45, 7) is 0.717. The molecule has 2 aromatic carbocycles. The molecule has 0 spiro atoms. The van der Waals surface area contributed by atoms with Crippen molar-refractivity contribution < 1.29 is 9.47 Å². The normalized spacial score (nSPS) is 9.85. The van der Waals surface area contributed by atoms with E-state index in [1.807, 2.05) is 6.07 Å². The van der Waals surface area contributed by atoms with Crippen LogP contribution < -0.4 is 9.47 Å². The molecule has 20 heavy (non-hydrogen) atoms. The van der Waals surface area contributed by atoms with Crippen molar-refractivity contribution in [1.29, 1.82) is 5.26 Å². The quantitative estimate of drug-likeness (QED) is 0.772. The lowest BCUT2D eigenvalue weighted by molar-refractivity contribution is 0.217. The summed E-state index contributed by atoms with van der Waals surface area (Å²) in [6.07, 6.45) is 0. The predicted molar refractivity (Wildman–Crippen MR) is 78.6 cm³/mol. The van der Waals surface area contributed by atoms with Gasteiger partial charge < -0.3 is 9.47 Å². The second-order valence-corrected chi connectivity index (χ2v) is 4.75. The molecule has 0 aliphatic carbocycles. The van der Waals surface area contributed by atoms with Gasteiger partial charge in [0.15, 0.2) is 0 Å². The maximum absolute atomic E-state index is 8.68. The summed E-state index contributed by atoms with van der Waals surface area (Å²) in [4.78, 5) is 0. The highest BCUT2D eigenvalue weighted by molar-refractivity contribution is 6.34. The van der Waals surface area contributed by atoms with E-state index in [4.69, 9.17) is 37.9 Å². The van der Waals surface area contributed by atoms with Gasteiger partial charge in [0, 0.05) is 11.1 Å². The highest BCUT2D eigenvalue weighted by atomic mass is 35.5. The van der Waals surface area contributed by atoms with Gasteiger partial charge in [-0.3, -0.25) is 0 Å². The van der Waals surface area contributed by atoms with E-state index in [0.29, 0.717) is 40.3 Å². The standard InChI is InChI=1S/C15H11Cl2NO2/c16-12-3-6-14(17)15(9-12)20-8-7-19-13-4-1-11(10-18)2-5-13/h1-6,9H,7-8H2. The molecule has 0 heterocycles. The maximum atomic E-state index is 8.68. The van der Waals surface area contributed by atoms with Crippen molar-refractivity contribution in [2.45, 2.75) is 0 Å². The molecule has 5 heteroatoms. The van der Waals surface area contributed by atoms with Crippen molar-refractivity contribution in [2.75, 3.05) is 13.2 Å². The van der Waals surface area contributed by atoms with Gasteiger partial charge in [-0.2, -0.15) is 5.26 Å². The molecule has 0 amide bonds. The van der Waals surface area contributed by atoms with Gasteiger partial charge in [0.1, 0.15) is 24.7 Å². The molecular weight excluding hydrogens is 297 g/mol. The van der Waals surface area contributed by atoms with Crippen LogP contribution in [0.2, 0.25) is 10.0 Å². The summed E-state index contributed by atoms with van der Waals surface area (Å²) in [5.41, 5.74) is 0.597. The predicted octanol–water partition coefficient (Wildman–Crippen LogP) is 4.32. The Morgan fingerprint density at radius 2 is 1.65 bits per heavy atom. The molecule has 0 aromatic heterocycles. The Morgan fingerprint density at radius 3 is 2.35 bits per heavy atom. The lowest BCUT2D eigenvalue weighted by Gasteiger charge is -2.09. The van der Waals surface area contributed by atoms with Crippen LogP contribution in [-0.2, 0) is 0 Å². The fourth-order valence-electron chi connectivity index (χ4n) is 1.52. The summed E-state index contributed by atoms with van der Waals surface area (Å²) in [6, 6.07) is 14.0. The van der Waals surface area contributed by atoms with Gasteiger partial charge >= 0.3 is 0 Å². The zero-order chi connectivity index (χ0) is 14.4. The van der Waals surface area contributed by atoms with Gasteiger partial charge in [0.25, 0.3) is 0 Å². The number of benzene rings is 2. The Hall–Kier alpha value is -1.89. The number of rotatable bonds is 5. The van der Waals surface area contributed by atoms with Crippen molar-refractivity contribution in [3.8, 4) is 17.6 Å². The molecule has 0 unspecified atom stereocenters. The van der Waals surface area contributed by atoms with Crippen molar-refractivity contribution in [3.05, 3.63) is 58.1 Å². The third-order valence-corrected chi connectivity index (χ3v) is 3.03. The third kappa shape index (κ3) is 4.06. The average Bonchev–Trinajstić information content (AvgIpc) is 2.47.